The van der Waals surface area contributed by atoms with E-state index in [9.17, 15) is 13.2 Å². The number of hydrogen-bond donors (Lipinski definition) is 1. The highest BCUT2D eigenvalue weighted by molar-refractivity contribution is 7.89. The Balaban J connectivity index is 2.14. The molecule has 2 rings (SSSR count). The zero-order valence-corrected chi connectivity index (χ0v) is 11.2. The second kappa shape index (κ2) is 4.67. The second-order valence-electron chi connectivity index (χ2n) is 3.82. The molecule has 2 N–H and O–H groups in total. The largest absolute Gasteiger partial charge is 0.339 e. The summed E-state index contributed by atoms with van der Waals surface area (Å²) in [6.07, 6.45) is 3.21. The predicted molar refractivity (Wildman–Crippen MR) is 68.0 cm³/mol. The van der Waals surface area contributed by atoms with Crippen molar-refractivity contribution in [1.29, 1.82) is 0 Å². The van der Waals surface area contributed by atoms with E-state index in [1.807, 2.05) is 0 Å². The first-order valence-corrected chi connectivity index (χ1v) is 7.63. The third-order valence-electron chi connectivity index (χ3n) is 2.43. The van der Waals surface area contributed by atoms with Gasteiger partial charge in [-0.3, -0.25) is 9.20 Å². The van der Waals surface area contributed by atoms with E-state index in [4.69, 9.17) is 5.14 Å². The summed E-state index contributed by atoms with van der Waals surface area (Å²) in [6.45, 7) is 0.0592. The molecule has 0 spiro atoms. The monoisotopic (exact) mass is 288 g/mol. The van der Waals surface area contributed by atoms with Gasteiger partial charge in [0.1, 0.15) is 16.9 Å². The molecule has 18 heavy (non-hydrogen) atoms. The maximum atomic E-state index is 12.1. The van der Waals surface area contributed by atoms with Gasteiger partial charge < -0.3 is 4.90 Å². The lowest BCUT2D eigenvalue weighted by molar-refractivity contribution is 0.0797. The van der Waals surface area contributed by atoms with Crippen LogP contribution >= 0.6 is 11.3 Å². The SMILES string of the molecule is CN(CCS(N)(=O)=O)C(=O)c1csc2cncn12. The summed E-state index contributed by atoms with van der Waals surface area (Å²) in [5, 5.41) is 6.61. The highest BCUT2D eigenvalue weighted by Crippen LogP contribution is 2.16. The summed E-state index contributed by atoms with van der Waals surface area (Å²) in [5.74, 6) is -0.519. The Morgan fingerprint density at radius 2 is 2.33 bits per heavy atom. The van der Waals surface area contributed by atoms with E-state index in [0.717, 1.165) is 4.83 Å². The maximum Gasteiger partial charge on any atom is 0.271 e. The number of sulfonamides is 1. The molecule has 0 unspecified atom stereocenters. The first-order valence-electron chi connectivity index (χ1n) is 5.04. The summed E-state index contributed by atoms with van der Waals surface area (Å²) < 4.78 is 23.4. The molecule has 0 aliphatic rings. The Labute approximate surface area is 108 Å². The molecular weight excluding hydrogens is 276 g/mol. The van der Waals surface area contributed by atoms with Gasteiger partial charge in [-0.25, -0.2) is 18.5 Å². The van der Waals surface area contributed by atoms with Gasteiger partial charge in [-0.2, -0.15) is 0 Å². The summed E-state index contributed by atoms with van der Waals surface area (Å²) in [7, 11) is -2.03. The lowest BCUT2D eigenvalue weighted by Crippen LogP contribution is -2.34. The Morgan fingerprint density at radius 3 is 3.00 bits per heavy atom. The van der Waals surface area contributed by atoms with Crippen molar-refractivity contribution in [2.45, 2.75) is 0 Å². The molecule has 0 fully saturated rings. The van der Waals surface area contributed by atoms with Crippen molar-refractivity contribution >= 4 is 32.1 Å². The highest BCUT2D eigenvalue weighted by atomic mass is 32.2. The van der Waals surface area contributed by atoms with Gasteiger partial charge in [0, 0.05) is 19.0 Å². The number of amides is 1. The van der Waals surface area contributed by atoms with Crippen molar-refractivity contribution in [3.63, 3.8) is 0 Å². The average Bonchev–Trinajstić information content (AvgIpc) is 2.85. The van der Waals surface area contributed by atoms with Crippen molar-refractivity contribution in [2.24, 2.45) is 5.14 Å². The smallest absolute Gasteiger partial charge is 0.271 e. The lowest BCUT2D eigenvalue weighted by atomic mass is 10.4. The summed E-state index contributed by atoms with van der Waals surface area (Å²) in [5.41, 5.74) is 0.462. The third-order valence-corrected chi connectivity index (χ3v) is 4.07. The fourth-order valence-corrected chi connectivity index (χ4v) is 2.79. The minimum Gasteiger partial charge on any atom is -0.339 e. The Kier molecular flexibility index (Phi) is 3.37. The molecule has 0 atom stereocenters. The van der Waals surface area contributed by atoms with Crippen molar-refractivity contribution < 1.29 is 13.2 Å². The van der Waals surface area contributed by atoms with Crippen LogP contribution in [0.4, 0.5) is 0 Å². The van der Waals surface area contributed by atoms with E-state index in [1.165, 1.54) is 23.3 Å². The fourth-order valence-electron chi connectivity index (χ4n) is 1.44. The quantitative estimate of drug-likeness (QED) is 0.839. The van der Waals surface area contributed by atoms with E-state index >= 15 is 0 Å². The van der Waals surface area contributed by atoms with E-state index < -0.39 is 10.0 Å². The van der Waals surface area contributed by atoms with Gasteiger partial charge in [0.25, 0.3) is 5.91 Å². The molecule has 9 heteroatoms. The van der Waals surface area contributed by atoms with Crippen molar-refractivity contribution in [3.05, 3.63) is 23.6 Å². The highest BCUT2D eigenvalue weighted by Gasteiger charge is 2.17. The van der Waals surface area contributed by atoms with Crippen LogP contribution in [0.1, 0.15) is 10.5 Å². The average molecular weight is 288 g/mol. The molecule has 0 saturated carbocycles. The van der Waals surface area contributed by atoms with Gasteiger partial charge in [-0.1, -0.05) is 0 Å². The molecule has 0 aromatic carbocycles. The number of carbonyl (C=O) groups excluding carboxylic acids is 1. The van der Waals surface area contributed by atoms with Crippen LogP contribution in [0, 0.1) is 0 Å². The Morgan fingerprint density at radius 1 is 1.61 bits per heavy atom. The second-order valence-corrected chi connectivity index (χ2v) is 6.44. The summed E-state index contributed by atoms with van der Waals surface area (Å²) in [4.78, 5) is 18.2. The van der Waals surface area contributed by atoms with E-state index in [0.29, 0.717) is 5.69 Å². The van der Waals surface area contributed by atoms with Gasteiger partial charge in [-0.15, -0.1) is 11.3 Å². The van der Waals surface area contributed by atoms with Crippen LogP contribution in [0.25, 0.3) is 4.83 Å². The summed E-state index contributed by atoms with van der Waals surface area (Å²) >= 11 is 1.40. The van der Waals surface area contributed by atoms with Gasteiger partial charge in [0.05, 0.1) is 11.9 Å². The van der Waals surface area contributed by atoms with Crippen molar-refractivity contribution in [3.8, 4) is 0 Å². The number of rotatable bonds is 4. The minimum atomic E-state index is -3.56. The molecule has 0 saturated heterocycles. The molecule has 0 bridgehead atoms. The van der Waals surface area contributed by atoms with Gasteiger partial charge in [-0.05, 0) is 0 Å². The maximum absolute atomic E-state index is 12.1. The zero-order valence-electron chi connectivity index (χ0n) is 9.61. The number of hydrogen-bond acceptors (Lipinski definition) is 5. The number of primary sulfonamides is 1. The Bertz CT molecular complexity index is 673. The molecule has 0 radical (unpaired) electrons. The molecule has 98 valence electrons. The van der Waals surface area contributed by atoms with Crippen LogP contribution < -0.4 is 5.14 Å². The standard InChI is InChI=1S/C9H12N4O3S2/c1-12(2-3-18(10,15)16)9(14)7-5-17-8-4-11-6-13(7)8/h4-6H,2-3H2,1H3,(H2,10,15,16). The molecule has 2 aromatic heterocycles. The number of imidazole rings is 1. The number of fused-ring (bicyclic) bond motifs is 1. The Hall–Kier alpha value is -1.45. The van der Waals surface area contributed by atoms with E-state index in [-0.39, 0.29) is 18.2 Å². The molecule has 0 aliphatic heterocycles. The topological polar surface area (TPSA) is 97.8 Å². The van der Waals surface area contributed by atoms with Crippen molar-refractivity contribution in [1.82, 2.24) is 14.3 Å². The first-order chi connectivity index (χ1) is 8.38. The van der Waals surface area contributed by atoms with Gasteiger partial charge in [0.15, 0.2) is 0 Å². The zero-order chi connectivity index (χ0) is 13.3. The summed E-state index contributed by atoms with van der Waals surface area (Å²) in [6, 6.07) is 0. The van der Waals surface area contributed by atoms with Crippen LogP contribution in [-0.4, -0.2) is 48.0 Å². The molecule has 0 aliphatic carbocycles. The first kappa shape index (κ1) is 13.0. The third kappa shape index (κ3) is 2.68. The van der Waals surface area contributed by atoms with Crippen LogP contribution in [-0.2, 0) is 10.0 Å². The van der Waals surface area contributed by atoms with Crippen LogP contribution in [0.5, 0.6) is 0 Å². The molecule has 7 nitrogen and oxygen atoms in total. The van der Waals surface area contributed by atoms with Crippen molar-refractivity contribution in [2.75, 3.05) is 19.3 Å². The van der Waals surface area contributed by atoms with Gasteiger partial charge >= 0.3 is 0 Å². The molecule has 2 aromatic rings. The van der Waals surface area contributed by atoms with Crippen LogP contribution in [0.2, 0.25) is 0 Å². The number of nitrogens with zero attached hydrogens (tertiary/aromatic N) is 3. The fraction of sp³-hybridized carbons (Fsp3) is 0.333. The van der Waals surface area contributed by atoms with E-state index in [1.54, 1.807) is 22.3 Å². The number of carbonyl (C=O) groups is 1. The molecule has 1 amide bonds. The number of aromatic nitrogens is 2. The lowest BCUT2D eigenvalue weighted by Gasteiger charge is -2.15. The molecular formula is C9H12N4O3S2. The number of nitrogens with two attached hydrogens (primary N) is 1. The normalized spacial score (nSPS) is 11.9. The van der Waals surface area contributed by atoms with E-state index in [2.05, 4.69) is 4.98 Å². The van der Waals surface area contributed by atoms with Crippen LogP contribution in [0.3, 0.4) is 0 Å². The number of thiazole rings is 1. The minimum absolute atomic E-state index is 0.0592. The molecule has 2 heterocycles. The van der Waals surface area contributed by atoms with Crippen LogP contribution in [0.15, 0.2) is 17.9 Å². The van der Waals surface area contributed by atoms with Gasteiger partial charge in [0.2, 0.25) is 10.0 Å². The predicted octanol–water partition coefficient (Wildman–Crippen LogP) is -0.244.